The summed E-state index contributed by atoms with van der Waals surface area (Å²) in [5, 5.41) is 0. The van der Waals surface area contributed by atoms with Crippen LogP contribution < -0.4 is 4.74 Å². The molecular weight excluding hydrogens is 371 g/mol. The molecule has 2 fully saturated rings. The molecule has 0 atom stereocenters. The van der Waals surface area contributed by atoms with E-state index in [4.69, 9.17) is 4.74 Å². The number of benzene rings is 1. The summed E-state index contributed by atoms with van der Waals surface area (Å²) in [6, 6.07) is 8.95. The molecule has 0 spiro atoms. The maximum absolute atomic E-state index is 12.2. The van der Waals surface area contributed by atoms with Gasteiger partial charge in [0.1, 0.15) is 5.75 Å². The van der Waals surface area contributed by atoms with Gasteiger partial charge in [0.05, 0.1) is 12.9 Å². The van der Waals surface area contributed by atoms with Crippen molar-refractivity contribution in [1.29, 1.82) is 0 Å². The van der Waals surface area contributed by atoms with Crippen LogP contribution in [0, 0.1) is 17.8 Å². The van der Waals surface area contributed by atoms with Crippen molar-refractivity contribution in [3.63, 3.8) is 0 Å². The molecule has 0 aliphatic heterocycles. The maximum atomic E-state index is 12.2. The smallest absolute Gasteiger partial charge is 0.119 e. The van der Waals surface area contributed by atoms with Gasteiger partial charge in [-0.2, -0.15) is 0 Å². The summed E-state index contributed by atoms with van der Waals surface area (Å²) in [6.45, 7) is 3.07. The lowest BCUT2D eigenvalue weighted by atomic mass is 9.74. The molecule has 0 saturated heterocycles. The SMILES string of the molecule is CCCCCOc1ccc(C2CCC(CCC3CCC(C/C=C/F)CC3)CC2)cc1. The van der Waals surface area contributed by atoms with Gasteiger partial charge in [0.25, 0.3) is 0 Å². The first-order chi connectivity index (χ1) is 14.8. The van der Waals surface area contributed by atoms with Crippen LogP contribution in [-0.4, -0.2) is 6.61 Å². The quantitative estimate of drug-likeness (QED) is 0.328. The molecule has 2 aliphatic carbocycles. The number of unbranched alkanes of at least 4 members (excludes halogenated alkanes) is 2. The first kappa shape index (κ1) is 23.4. The Kier molecular flexibility index (Phi) is 10.3. The third kappa shape index (κ3) is 7.75. The number of rotatable bonds is 11. The van der Waals surface area contributed by atoms with Crippen LogP contribution in [0.15, 0.2) is 36.7 Å². The van der Waals surface area contributed by atoms with Crippen LogP contribution in [0.1, 0.15) is 108 Å². The molecule has 168 valence electrons. The molecule has 30 heavy (non-hydrogen) atoms. The summed E-state index contributed by atoms with van der Waals surface area (Å²) in [5.74, 6) is 4.37. The summed E-state index contributed by atoms with van der Waals surface area (Å²) in [4.78, 5) is 0. The molecule has 0 unspecified atom stereocenters. The van der Waals surface area contributed by atoms with Gasteiger partial charge in [-0.05, 0) is 92.7 Å². The van der Waals surface area contributed by atoms with Crippen molar-refractivity contribution in [2.75, 3.05) is 6.61 Å². The molecule has 2 heteroatoms. The number of allylic oxidation sites excluding steroid dienone is 1. The second-order valence-electron chi connectivity index (χ2n) is 9.90. The van der Waals surface area contributed by atoms with Gasteiger partial charge in [0, 0.05) is 0 Å². The van der Waals surface area contributed by atoms with E-state index in [0.29, 0.717) is 0 Å². The van der Waals surface area contributed by atoms with Gasteiger partial charge < -0.3 is 4.74 Å². The molecule has 0 bridgehead atoms. The van der Waals surface area contributed by atoms with E-state index in [1.807, 2.05) is 0 Å². The lowest BCUT2D eigenvalue weighted by Crippen LogP contribution is -2.17. The number of ether oxygens (including phenoxy) is 1. The van der Waals surface area contributed by atoms with Crippen molar-refractivity contribution < 1.29 is 9.13 Å². The molecule has 2 saturated carbocycles. The van der Waals surface area contributed by atoms with E-state index in [1.54, 1.807) is 6.08 Å². The predicted molar refractivity (Wildman–Crippen MR) is 126 cm³/mol. The number of hydrogen-bond acceptors (Lipinski definition) is 1. The van der Waals surface area contributed by atoms with Crippen molar-refractivity contribution >= 4 is 0 Å². The van der Waals surface area contributed by atoms with Crippen LogP contribution in [0.3, 0.4) is 0 Å². The van der Waals surface area contributed by atoms with E-state index in [2.05, 4.69) is 31.2 Å². The molecule has 2 aliphatic rings. The number of halogens is 1. The highest BCUT2D eigenvalue weighted by Gasteiger charge is 2.25. The fourth-order valence-corrected chi connectivity index (χ4v) is 5.63. The minimum absolute atomic E-state index is 0.721. The van der Waals surface area contributed by atoms with E-state index in [-0.39, 0.29) is 0 Å². The molecule has 1 nitrogen and oxygen atoms in total. The maximum Gasteiger partial charge on any atom is 0.119 e. The van der Waals surface area contributed by atoms with Crippen LogP contribution in [0.4, 0.5) is 4.39 Å². The van der Waals surface area contributed by atoms with Crippen molar-refractivity contribution in [1.82, 2.24) is 0 Å². The normalized spacial score (nSPS) is 27.4. The largest absolute Gasteiger partial charge is 0.494 e. The summed E-state index contributed by atoms with van der Waals surface area (Å²) < 4.78 is 18.1. The van der Waals surface area contributed by atoms with Gasteiger partial charge in [0.2, 0.25) is 0 Å². The Labute approximate surface area is 184 Å². The Bertz CT molecular complexity index is 592. The molecule has 0 N–H and O–H groups in total. The van der Waals surface area contributed by atoms with Crippen molar-refractivity contribution in [2.45, 2.75) is 103 Å². The van der Waals surface area contributed by atoms with E-state index < -0.39 is 0 Å². The van der Waals surface area contributed by atoms with E-state index in [0.717, 1.165) is 55.2 Å². The van der Waals surface area contributed by atoms with Gasteiger partial charge in [-0.25, -0.2) is 4.39 Å². The van der Waals surface area contributed by atoms with Gasteiger partial charge in [-0.15, -0.1) is 0 Å². The topological polar surface area (TPSA) is 9.23 Å². The second kappa shape index (κ2) is 13.2. The lowest BCUT2D eigenvalue weighted by molar-refractivity contribution is 0.231. The standard InChI is InChI=1S/C28H43FO/c1-2-3-4-22-30-28-19-17-27(18-20-28)26-15-13-25(14-16-26)12-11-24-9-7-23(8-10-24)6-5-21-29/h5,17-21,23-26H,2-4,6-16,22H2,1H3/b21-5+. The zero-order valence-corrected chi connectivity index (χ0v) is 19.2. The highest BCUT2D eigenvalue weighted by Crippen LogP contribution is 2.40. The summed E-state index contributed by atoms with van der Waals surface area (Å²) >= 11 is 0. The van der Waals surface area contributed by atoms with Crippen LogP contribution in [0.5, 0.6) is 5.75 Å². The third-order valence-electron chi connectivity index (χ3n) is 7.72. The minimum atomic E-state index is 0.721. The summed E-state index contributed by atoms with van der Waals surface area (Å²) in [7, 11) is 0. The summed E-state index contributed by atoms with van der Waals surface area (Å²) in [5.41, 5.74) is 1.51. The zero-order chi connectivity index (χ0) is 21.0. The molecule has 1 aromatic rings. The van der Waals surface area contributed by atoms with Crippen molar-refractivity contribution in [3.8, 4) is 5.75 Å². The third-order valence-corrected chi connectivity index (χ3v) is 7.72. The Morgan fingerprint density at radius 1 is 0.833 bits per heavy atom. The molecular formula is C28H43FO. The summed E-state index contributed by atoms with van der Waals surface area (Å²) in [6.07, 6.45) is 20.7. The van der Waals surface area contributed by atoms with Gasteiger partial charge in [-0.1, -0.05) is 63.7 Å². The molecule has 0 radical (unpaired) electrons. The molecule has 0 aromatic heterocycles. The van der Waals surface area contributed by atoms with Crippen LogP contribution in [0.2, 0.25) is 0 Å². The average molecular weight is 415 g/mol. The monoisotopic (exact) mass is 414 g/mol. The number of hydrogen-bond donors (Lipinski definition) is 0. The minimum Gasteiger partial charge on any atom is -0.494 e. The Morgan fingerprint density at radius 2 is 1.43 bits per heavy atom. The fourth-order valence-electron chi connectivity index (χ4n) is 5.63. The van der Waals surface area contributed by atoms with Gasteiger partial charge in [0.15, 0.2) is 0 Å². The predicted octanol–water partition coefficient (Wildman–Crippen LogP) is 8.99. The van der Waals surface area contributed by atoms with Gasteiger partial charge >= 0.3 is 0 Å². The van der Waals surface area contributed by atoms with E-state index >= 15 is 0 Å². The van der Waals surface area contributed by atoms with Crippen molar-refractivity contribution in [2.24, 2.45) is 17.8 Å². The Hall–Kier alpha value is -1.31. The zero-order valence-electron chi connectivity index (χ0n) is 19.2. The van der Waals surface area contributed by atoms with Gasteiger partial charge in [-0.3, -0.25) is 0 Å². The molecule has 0 heterocycles. The Morgan fingerprint density at radius 3 is 2.03 bits per heavy atom. The first-order valence-corrected chi connectivity index (χ1v) is 12.8. The van der Waals surface area contributed by atoms with E-state index in [9.17, 15) is 4.39 Å². The van der Waals surface area contributed by atoms with Crippen LogP contribution in [-0.2, 0) is 0 Å². The fraction of sp³-hybridized carbons (Fsp3) is 0.714. The Balaban J connectivity index is 1.31. The first-order valence-electron chi connectivity index (χ1n) is 12.8. The molecule has 1 aromatic carbocycles. The van der Waals surface area contributed by atoms with E-state index in [1.165, 1.54) is 82.6 Å². The highest BCUT2D eigenvalue weighted by molar-refractivity contribution is 5.29. The highest BCUT2D eigenvalue weighted by atomic mass is 19.1. The lowest BCUT2D eigenvalue weighted by Gasteiger charge is -2.32. The molecule has 0 amide bonds. The molecule has 3 rings (SSSR count). The van der Waals surface area contributed by atoms with Crippen LogP contribution >= 0.6 is 0 Å². The average Bonchev–Trinajstić information content (AvgIpc) is 2.81. The van der Waals surface area contributed by atoms with Crippen LogP contribution in [0.25, 0.3) is 0 Å². The van der Waals surface area contributed by atoms with Crippen molar-refractivity contribution in [3.05, 3.63) is 42.2 Å². The second-order valence-corrected chi connectivity index (χ2v) is 9.90.